The maximum Gasteiger partial charge on any atom is 0.331 e. The molecular formula is C12H16O8. The van der Waals surface area contributed by atoms with Crippen LogP contribution in [0.25, 0.3) is 0 Å². The van der Waals surface area contributed by atoms with Crippen LogP contribution in [0.5, 0.6) is 0 Å². The lowest BCUT2D eigenvalue weighted by Crippen LogP contribution is -2.29. The van der Waals surface area contributed by atoms with Gasteiger partial charge in [0.2, 0.25) is 0 Å². The quantitative estimate of drug-likeness (QED) is 0.449. The molecule has 0 aromatic carbocycles. The van der Waals surface area contributed by atoms with Crippen LogP contribution < -0.4 is 0 Å². The fourth-order valence-corrected chi connectivity index (χ4v) is 1.70. The van der Waals surface area contributed by atoms with Crippen LogP contribution in [-0.4, -0.2) is 44.3 Å². The van der Waals surface area contributed by atoms with E-state index < -0.39 is 47.2 Å². The molecule has 0 radical (unpaired) electrons. The molecule has 0 amide bonds. The summed E-state index contributed by atoms with van der Waals surface area (Å²) < 4.78 is 0. The Bertz CT molecular complexity index is 439. The predicted molar refractivity (Wildman–Crippen MR) is 65.1 cm³/mol. The number of hydrogen-bond donors (Lipinski definition) is 4. The highest BCUT2D eigenvalue weighted by Gasteiger charge is 2.33. The Hall–Kier alpha value is -2.38. The van der Waals surface area contributed by atoms with Crippen molar-refractivity contribution in [3.63, 3.8) is 0 Å². The Balaban J connectivity index is 4.94. The second kappa shape index (κ2) is 7.27. The van der Waals surface area contributed by atoms with Gasteiger partial charge in [-0.15, -0.1) is 0 Å². The van der Waals surface area contributed by atoms with E-state index in [1.54, 1.807) is 0 Å². The Kier molecular flexibility index (Phi) is 6.40. The highest BCUT2D eigenvalue weighted by Crippen LogP contribution is 2.24. The van der Waals surface area contributed by atoms with Crippen molar-refractivity contribution in [2.24, 2.45) is 17.8 Å². The minimum absolute atomic E-state index is 0.272. The zero-order valence-electron chi connectivity index (χ0n) is 10.8. The average Bonchev–Trinajstić information content (AvgIpc) is 2.31. The summed E-state index contributed by atoms with van der Waals surface area (Å²) in [7, 11) is 0. The molecule has 3 unspecified atom stereocenters. The summed E-state index contributed by atoms with van der Waals surface area (Å²) in [5, 5.41) is 35.3. The number of hydrogen-bond acceptors (Lipinski definition) is 4. The first-order valence-corrected chi connectivity index (χ1v) is 5.70. The summed E-state index contributed by atoms with van der Waals surface area (Å²) in [5.41, 5.74) is -0.565. The third-order valence-electron chi connectivity index (χ3n) is 3.07. The highest BCUT2D eigenvalue weighted by molar-refractivity contribution is 5.93. The van der Waals surface area contributed by atoms with E-state index >= 15 is 0 Å². The molecule has 0 aromatic heterocycles. The van der Waals surface area contributed by atoms with Crippen LogP contribution in [-0.2, 0) is 19.2 Å². The normalized spacial score (nSPS) is 14.8. The third-order valence-corrected chi connectivity index (χ3v) is 3.07. The molecule has 0 bridgehead atoms. The molecule has 0 aromatic rings. The molecule has 0 heterocycles. The van der Waals surface area contributed by atoms with Crippen LogP contribution in [0.3, 0.4) is 0 Å². The molecule has 0 saturated carbocycles. The molecule has 0 fully saturated rings. The second-order valence-electron chi connectivity index (χ2n) is 4.37. The van der Waals surface area contributed by atoms with Gasteiger partial charge < -0.3 is 20.4 Å². The van der Waals surface area contributed by atoms with Gasteiger partial charge in [-0.25, -0.2) is 4.79 Å². The van der Waals surface area contributed by atoms with Crippen LogP contribution in [0, 0.1) is 17.8 Å². The maximum absolute atomic E-state index is 11.0. The number of carboxylic acids is 4. The van der Waals surface area contributed by atoms with Crippen LogP contribution in [0.2, 0.25) is 0 Å². The molecule has 4 N–H and O–H groups in total. The topological polar surface area (TPSA) is 149 Å². The van der Waals surface area contributed by atoms with Crippen molar-refractivity contribution in [2.45, 2.75) is 19.8 Å². The first-order chi connectivity index (χ1) is 9.09. The van der Waals surface area contributed by atoms with E-state index in [0.29, 0.717) is 0 Å². The molecule has 112 valence electrons. The molecular weight excluding hydrogens is 272 g/mol. The maximum atomic E-state index is 11.0. The molecule has 8 nitrogen and oxygen atoms in total. The van der Waals surface area contributed by atoms with Crippen molar-refractivity contribution in [3.05, 3.63) is 12.2 Å². The monoisotopic (exact) mass is 288 g/mol. The van der Waals surface area contributed by atoms with Gasteiger partial charge >= 0.3 is 23.9 Å². The first kappa shape index (κ1) is 17.6. The summed E-state index contributed by atoms with van der Waals surface area (Å²) >= 11 is 0. The minimum atomic E-state index is -1.49. The Morgan fingerprint density at radius 2 is 1.40 bits per heavy atom. The predicted octanol–water partition coefficient (Wildman–Crippen LogP) is 0.530. The zero-order chi connectivity index (χ0) is 16.0. The second-order valence-corrected chi connectivity index (χ2v) is 4.37. The molecule has 8 heteroatoms. The lowest BCUT2D eigenvalue weighted by Gasteiger charge is -2.19. The van der Waals surface area contributed by atoms with E-state index in [1.165, 1.54) is 6.92 Å². The van der Waals surface area contributed by atoms with E-state index in [1.807, 2.05) is 0 Å². The summed E-state index contributed by atoms with van der Waals surface area (Å²) in [6.45, 7) is 4.33. The van der Waals surface area contributed by atoms with Gasteiger partial charge in [0.1, 0.15) is 0 Å². The van der Waals surface area contributed by atoms with Gasteiger partial charge in [0, 0.05) is 5.57 Å². The van der Waals surface area contributed by atoms with E-state index in [0.717, 1.165) is 0 Å². The number of aliphatic carboxylic acids is 4. The molecule has 0 rings (SSSR count). The Labute approximate surface area is 114 Å². The van der Waals surface area contributed by atoms with Gasteiger partial charge in [-0.2, -0.15) is 0 Å². The van der Waals surface area contributed by atoms with Gasteiger partial charge in [0.05, 0.1) is 17.8 Å². The number of rotatable bonds is 9. The van der Waals surface area contributed by atoms with E-state index in [-0.39, 0.29) is 12.8 Å². The summed E-state index contributed by atoms with van der Waals surface area (Å²) in [6, 6.07) is 0. The van der Waals surface area contributed by atoms with Crippen molar-refractivity contribution in [3.8, 4) is 0 Å². The molecule has 0 aliphatic rings. The minimum Gasteiger partial charge on any atom is -0.481 e. The van der Waals surface area contributed by atoms with Gasteiger partial charge in [-0.1, -0.05) is 13.5 Å². The molecule has 0 aliphatic heterocycles. The summed E-state index contributed by atoms with van der Waals surface area (Å²) in [6.07, 6.45) is -0.582. The Morgan fingerprint density at radius 3 is 1.70 bits per heavy atom. The van der Waals surface area contributed by atoms with E-state index in [2.05, 4.69) is 6.58 Å². The lowest BCUT2D eigenvalue weighted by molar-refractivity contribution is -0.153. The average molecular weight is 288 g/mol. The van der Waals surface area contributed by atoms with Crippen molar-refractivity contribution in [2.75, 3.05) is 0 Å². The molecule has 0 saturated heterocycles. The molecule has 0 aliphatic carbocycles. The van der Waals surface area contributed by atoms with Crippen molar-refractivity contribution in [1.82, 2.24) is 0 Å². The fraction of sp³-hybridized carbons (Fsp3) is 0.500. The SMILES string of the molecule is C=C(C(=O)O)C(CCC(C(=O)O)C(C)C(=O)O)C(=O)O. The highest BCUT2D eigenvalue weighted by atomic mass is 16.4. The molecule has 0 spiro atoms. The van der Waals surface area contributed by atoms with E-state index in [4.69, 9.17) is 20.4 Å². The van der Waals surface area contributed by atoms with Crippen LogP contribution in [0.4, 0.5) is 0 Å². The third kappa shape index (κ3) is 4.71. The number of carboxylic acid groups (broad SMARTS) is 4. The van der Waals surface area contributed by atoms with Gasteiger partial charge in [-0.3, -0.25) is 14.4 Å². The van der Waals surface area contributed by atoms with E-state index in [9.17, 15) is 19.2 Å². The Morgan fingerprint density at radius 1 is 0.900 bits per heavy atom. The lowest BCUT2D eigenvalue weighted by atomic mass is 9.85. The standard InChI is InChI=1S/C12H16O8/c1-5(9(13)14)7(11(17)18)3-4-8(12(19)20)6(2)10(15)16/h6-8H,1,3-4H2,2H3,(H,13,14)(H,15,16)(H,17,18)(H,19,20). The van der Waals surface area contributed by atoms with Gasteiger partial charge in [0.15, 0.2) is 0 Å². The van der Waals surface area contributed by atoms with Gasteiger partial charge in [0.25, 0.3) is 0 Å². The summed E-state index contributed by atoms with van der Waals surface area (Å²) in [5.74, 6) is -9.57. The number of carbonyl (C=O) groups is 4. The zero-order valence-corrected chi connectivity index (χ0v) is 10.8. The fourth-order valence-electron chi connectivity index (χ4n) is 1.70. The smallest absolute Gasteiger partial charge is 0.331 e. The van der Waals surface area contributed by atoms with Crippen molar-refractivity contribution >= 4 is 23.9 Å². The van der Waals surface area contributed by atoms with Crippen LogP contribution in [0.15, 0.2) is 12.2 Å². The largest absolute Gasteiger partial charge is 0.481 e. The first-order valence-electron chi connectivity index (χ1n) is 5.70. The van der Waals surface area contributed by atoms with Gasteiger partial charge in [-0.05, 0) is 12.8 Å². The van der Waals surface area contributed by atoms with Crippen molar-refractivity contribution < 1.29 is 39.6 Å². The molecule has 20 heavy (non-hydrogen) atoms. The summed E-state index contributed by atoms with van der Waals surface area (Å²) in [4.78, 5) is 43.4. The van der Waals surface area contributed by atoms with Crippen LogP contribution in [0.1, 0.15) is 19.8 Å². The van der Waals surface area contributed by atoms with Crippen molar-refractivity contribution in [1.29, 1.82) is 0 Å². The van der Waals surface area contributed by atoms with Crippen LogP contribution >= 0.6 is 0 Å². The molecule has 3 atom stereocenters.